The van der Waals surface area contributed by atoms with Crippen LogP contribution in [0.3, 0.4) is 0 Å². The van der Waals surface area contributed by atoms with E-state index in [0.717, 1.165) is 10.4 Å². The van der Waals surface area contributed by atoms with Crippen molar-refractivity contribution < 1.29 is 32.4 Å². The zero-order chi connectivity index (χ0) is 26.0. The first-order chi connectivity index (χ1) is 16.3. The van der Waals surface area contributed by atoms with Gasteiger partial charge in [0.2, 0.25) is 10.0 Å². The summed E-state index contributed by atoms with van der Waals surface area (Å²) in [6.07, 6.45) is -0.623. The molecule has 2 aromatic rings. The fourth-order valence-corrected chi connectivity index (χ4v) is 5.32. The molecule has 0 bridgehead atoms. The molecule has 0 N–H and O–H groups in total. The number of piperazine rings is 1. The smallest absolute Gasteiger partial charge is 0.410 e. The van der Waals surface area contributed by atoms with Gasteiger partial charge in [0.05, 0.1) is 23.6 Å². The Hall–Kier alpha value is -3.51. The molecule has 1 heterocycles. The number of esters is 1. The number of hydrogen-bond acceptors (Lipinski definition) is 8. The first-order valence-electron chi connectivity index (χ1n) is 10.8. The molecule has 3 rings (SSSR count). The maximum Gasteiger partial charge on any atom is 0.410 e. The van der Waals surface area contributed by atoms with Gasteiger partial charge < -0.3 is 9.47 Å². The molecule has 0 aliphatic carbocycles. The minimum atomic E-state index is -4.25. The van der Waals surface area contributed by atoms with Crippen molar-refractivity contribution in [2.75, 3.05) is 26.7 Å². The molecule has 1 aliphatic heterocycles. The number of hydrogen-bond donors (Lipinski definition) is 0. The highest BCUT2D eigenvalue weighted by Gasteiger charge is 2.40. The van der Waals surface area contributed by atoms with Crippen LogP contribution in [-0.4, -0.2) is 67.0 Å². The van der Waals surface area contributed by atoms with Gasteiger partial charge in [0.15, 0.2) is 4.90 Å². The van der Waals surface area contributed by atoms with Crippen molar-refractivity contribution >= 4 is 27.8 Å². The van der Waals surface area contributed by atoms with Crippen LogP contribution in [0.25, 0.3) is 0 Å². The van der Waals surface area contributed by atoms with Crippen molar-refractivity contribution in [2.24, 2.45) is 0 Å². The van der Waals surface area contributed by atoms with E-state index in [2.05, 4.69) is 0 Å². The number of nitro benzene ring substituents is 1. The van der Waals surface area contributed by atoms with E-state index in [1.807, 2.05) is 0 Å². The van der Waals surface area contributed by atoms with E-state index in [1.165, 1.54) is 42.3 Å². The number of sulfonamides is 1. The number of rotatable bonds is 5. The third kappa shape index (κ3) is 5.77. The van der Waals surface area contributed by atoms with Gasteiger partial charge in [-0.25, -0.2) is 18.0 Å². The molecule has 0 aromatic heterocycles. The summed E-state index contributed by atoms with van der Waals surface area (Å²) < 4.78 is 38.2. The number of amides is 1. The first-order valence-corrected chi connectivity index (χ1v) is 12.2. The van der Waals surface area contributed by atoms with Gasteiger partial charge in [-0.3, -0.25) is 15.0 Å². The van der Waals surface area contributed by atoms with Gasteiger partial charge in [-0.1, -0.05) is 24.3 Å². The lowest BCUT2D eigenvalue weighted by Gasteiger charge is -2.41. The van der Waals surface area contributed by atoms with E-state index in [-0.39, 0.29) is 19.6 Å². The molecule has 0 unspecified atom stereocenters. The van der Waals surface area contributed by atoms with Crippen molar-refractivity contribution in [3.63, 3.8) is 0 Å². The number of methoxy groups -OCH3 is 1. The molecule has 1 aliphatic rings. The lowest BCUT2D eigenvalue weighted by molar-refractivity contribution is -0.387. The summed E-state index contributed by atoms with van der Waals surface area (Å²) >= 11 is 0. The second kappa shape index (κ2) is 10.0. The second-order valence-electron chi connectivity index (χ2n) is 8.89. The average molecular weight is 506 g/mol. The van der Waals surface area contributed by atoms with Crippen LogP contribution in [0, 0.1) is 10.1 Å². The molecule has 35 heavy (non-hydrogen) atoms. The standard InChI is InChI=1S/C23H27N3O8S/c1-23(2,3)34-22(28)25-14-13-24(35(31,32)20-8-6-5-7-18(20)26(29)30)15-19(25)16-9-11-17(12-10-16)21(27)33-4/h5-12,19H,13-15H2,1-4H3/t19-/m0/s1. The molecular weight excluding hydrogens is 478 g/mol. The summed E-state index contributed by atoms with van der Waals surface area (Å²) in [5.74, 6) is -0.537. The number of nitrogens with zero attached hydrogens (tertiary/aromatic N) is 3. The third-order valence-corrected chi connectivity index (χ3v) is 7.28. The predicted octanol–water partition coefficient (Wildman–Crippen LogP) is 3.36. The maximum absolute atomic E-state index is 13.4. The predicted molar refractivity (Wildman–Crippen MR) is 125 cm³/mol. The topological polar surface area (TPSA) is 136 Å². The quantitative estimate of drug-likeness (QED) is 0.343. The summed E-state index contributed by atoms with van der Waals surface area (Å²) in [7, 11) is -2.99. The number of nitro groups is 1. The van der Waals surface area contributed by atoms with Crippen LogP contribution in [0.4, 0.5) is 10.5 Å². The highest BCUT2D eigenvalue weighted by Crippen LogP contribution is 2.33. The number of ether oxygens (including phenoxy) is 2. The molecule has 2 aromatic carbocycles. The molecule has 0 radical (unpaired) electrons. The van der Waals surface area contributed by atoms with Crippen molar-refractivity contribution in [1.29, 1.82) is 0 Å². The number of carbonyl (C=O) groups is 2. The molecule has 0 saturated carbocycles. The molecule has 1 saturated heterocycles. The van der Waals surface area contributed by atoms with Crippen molar-refractivity contribution in [3.8, 4) is 0 Å². The Bertz CT molecular complexity index is 1220. The Labute approximate surface area is 203 Å². The molecule has 1 amide bonds. The van der Waals surface area contributed by atoms with E-state index in [9.17, 15) is 28.1 Å². The normalized spacial score (nSPS) is 17.0. The zero-order valence-corrected chi connectivity index (χ0v) is 20.6. The van der Waals surface area contributed by atoms with E-state index in [0.29, 0.717) is 11.1 Å². The van der Waals surface area contributed by atoms with E-state index < -0.39 is 49.2 Å². The van der Waals surface area contributed by atoms with Gasteiger partial charge in [-0.2, -0.15) is 4.31 Å². The summed E-state index contributed by atoms with van der Waals surface area (Å²) in [4.78, 5) is 36.5. The maximum atomic E-state index is 13.4. The highest BCUT2D eigenvalue weighted by molar-refractivity contribution is 7.89. The van der Waals surface area contributed by atoms with Crippen molar-refractivity contribution in [2.45, 2.75) is 37.3 Å². The van der Waals surface area contributed by atoms with Crippen LogP contribution in [0.1, 0.15) is 42.7 Å². The van der Waals surface area contributed by atoms with Gasteiger partial charge in [-0.15, -0.1) is 0 Å². The summed E-state index contributed by atoms with van der Waals surface area (Å²) in [6, 6.07) is 10.6. The highest BCUT2D eigenvalue weighted by atomic mass is 32.2. The Morgan fingerprint density at radius 1 is 1.06 bits per heavy atom. The molecule has 12 heteroatoms. The van der Waals surface area contributed by atoms with E-state index in [4.69, 9.17) is 9.47 Å². The lowest BCUT2D eigenvalue weighted by atomic mass is 10.0. The summed E-state index contributed by atoms with van der Waals surface area (Å²) in [6.45, 7) is 4.93. The lowest BCUT2D eigenvalue weighted by Crippen LogP contribution is -2.53. The van der Waals surface area contributed by atoms with Crippen LogP contribution in [-0.2, 0) is 19.5 Å². The molecule has 188 valence electrons. The van der Waals surface area contributed by atoms with Gasteiger partial charge in [0.1, 0.15) is 5.60 Å². The number of benzene rings is 2. The van der Waals surface area contributed by atoms with Gasteiger partial charge in [0.25, 0.3) is 5.69 Å². The largest absolute Gasteiger partial charge is 0.465 e. The third-order valence-electron chi connectivity index (χ3n) is 5.37. The van der Waals surface area contributed by atoms with Crippen LogP contribution >= 0.6 is 0 Å². The fourth-order valence-electron chi connectivity index (χ4n) is 3.72. The Morgan fingerprint density at radius 3 is 2.26 bits per heavy atom. The van der Waals surface area contributed by atoms with Crippen LogP contribution in [0.15, 0.2) is 53.4 Å². The fraction of sp³-hybridized carbons (Fsp3) is 0.391. The zero-order valence-electron chi connectivity index (χ0n) is 19.8. The second-order valence-corrected chi connectivity index (χ2v) is 10.8. The first kappa shape index (κ1) is 26.1. The molecule has 11 nitrogen and oxygen atoms in total. The number of para-hydroxylation sites is 1. The van der Waals surface area contributed by atoms with Crippen molar-refractivity contribution in [3.05, 3.63) is 69.8 Å². The Kier molecular flexibility index (Phi) is 7.46. The SMILES string of the molecule is COC(=O)c1ccc([C@@H]2CN(S(=O)(=O)c3ccccc3[N+](=O)[O-])CCN2C(=O)OC(C)(C)C)cc1. The number of carbonyl (C=O) groups excluding carboxylic acids is 2. The average Bonchev–Trinajstić information content (AvgIpc) is 2.82. The Morgan fingerprint density at radius 2 is 1.69 bits per heavy atom. The van der Waals surface area contributed by atoms with Crippen molar-refractivity contribution in [1.82, 2.24) is 9.21 Å². The van der Waals surface area contributed by atoms with Crippen LogP contribution in [0.2, 0.25) is 0 Å². The minimum Gasteiger partial charge on any atom is -0.465 e. The van der Waals surface area contributed by atoms with Gasteiger partial charge >= 0.3 is 12.1 Å². The van der Waals surface area contributed by atoms with E-state index >= 15 is 0 Å². The molecule has 1 atom stereocenters. The summed E-state index contributed by atoms with van der Waals surface area (Å²) in [5.41, 5.74) is -0.447. The van der Waals surface area contributed by atoms with E-state index in [1.54, 1.807) is 32.9 Å². The minimum absolute atomic E-state index is 0.00179. The summed E-state index contributed by atoms with van der Waals surface area (Å²) in [5, 5.41) is 11.4. The van der Waals surface area contributed by atoms with Gasteiger partial charge in [-0.05, 0) is 44.5 Å². The van der Waals surface area contributed by atoms with Crippen LogP contribution in [0.5, 0.6) is 0 Å². The van der Waals surface area contributed by atoms with Crippen LogP contribution < -0.4 is 0 Å². The Balaban J connectivity index is 1.99. The molecular formula is C23H27N3O8S. The monoisotopic (exact) mass is 505 g/mol. The molecule has 1 fully saturated rings. The molecule has 0 spiro atoms. The van der Waals surface area contributed by atoms with Gasteiger partial charge in [0, 0.05) is 25.7 Å².